The van der Waals surface area contributed by atoms with E-state index in [1.54, 1.807) is 0 Å². The van der Waals surface area contributed by atoms with Crippen LogP contribution in [0.2, 0.25) is 0 Å². The van der Waals surface area contributed by atoms with Crippen molar-refractivity contribution in [1.82, 2.24) is 4.57 Å². The Kier molecular flexibility index (Phi) is 4.84. The summed E-state index contributed by atoms with van der Waals surface area (Å²) in [7, 11) is 2.05. The van der Waals surface area contributed by atoms with Crippen molar-refractivity contribution in [2.75, 3.05) is 0 Å². The first-order valence-electron chi connectivity index (χ1n) is 8.19. The Balaban J connectivity index is 2.00. The Hall–Kier alpha value is -3.08. The molecule has 2 aromatic carbocycles. The second-order valence-corrected chi connectivity index (χ2v) is 5.97. The topological polar surface area (TPSA) is 74.8 Å². The van der Waals surface area contributed by atoms with E-state index in [1.807, 2.05) is 37.4 Å². The number of hydrogen-bond donors (Lipinski definition) is 2. The van der Waals surface area contributed by atoms with E-state index in [9.17, 15) is 4.79 Å². The number of fused-ring (bicyclic) bond motifs is 1. The first kappa shape index (κ1) is 16.8. The standard InChI is InChI=1S/C20H20N2O3/c1-22-18-13-6-5-10-15(18)16(11-7-12-17(21-25)20(23)24)19(22)14-8-3-2-4-9-14/h2-6,8-10,13,25H,7,11-12H2,1H3,(H,23,24). The van der Waals surface area contributed by atoms with Gasteiger partial charge in [0, 0.05) is 24.4 Å². The second-order valence-electron chi connectivity index (χ2n) is 5.97. The van der Waals surface area contributed by atoms with Crippen molar-refractivity contribution >= 4 is 22.6 Å². The molecule has 0 bridgehead atoms. The second kappa shape index (κ2) is 7.21. The van der Waals surface area contributed by atoms with Crippen LogP contribution in [0.5, 0.6) is 0 Å². The van der Waals surface area contributed by atoms with Crippen LogP contribution in [-0.2, 0) is 18.3 Å². The normalized spacial score (nSPS) is 11.8. The Morgan fingerprint density at radius 2 is 1.76 bits per heavy atom. The fraction of sp³-hybridized carbons (Fsp3) is 0.200. The molecule has 3 rings (SSSR count). The SMILES string of the molecule is Cn1c(-c2ccccc2)c(CCCC(=NO)C(=O)O)c2ccccc21. The maximum absolute atomic E-state index is 11.0. The van der Waals surface area contributed by atoms with E-state index in [1.165, 1.54) is 10.9 Å². The summed E-state index contributed by atoms with van der Waals surface area (Å²) < 4.78 is 2.18. The first-order valence-corrected chi connectivity index (χ1v) is 8.19. The molecule has 128 valence electrons. The predicted molar refractivity (Wildman–Crippen MR) is 98.2 cm³/mol. The summed E-state index contributed by atoms with van der Waals surface area (Å²) in [5, 5.41) is 21.8. The van der Waals surface area contributed by atoms with Crippen molar-refractivity contribution in [2.24, 2.45) is 12.2 Å². The van der Waals surface area contributed by atoms with Crippen molar-refractivity contribution < 1.29 is 15.1 Å². The summed E-state index contributed by atoms with van der Waals surface area (Å²) in [6, 6.07) is 18.4. The zero-order valence-corrected chi connectivity index (χ0v) is 14.0. The van der Waals surface area contributed by atoms with E-state index in [4.69, 9.17) is 10.3 Å². The highest BCUT2D eigenvalue weighted by Gasteiger charge is 2.17. The summed E-state index contributed by atoms with van der Waals surface area (Å²) in [4.78, 5) is 11.0. The van der Waals surface area contributed by atoms with Gasteiger partial charge in [-0.1, -0.05) is 53.7 Å². The summed E-state index contributed by atoms with van der Waals surface area (Å²) in [5.74, 6) is -1.18. The molecule has 1 aromatic heterocycles. The van der Waals surface area contributed by atoms with Gasteiger partial charge in [-0.25, -0.2) is 4.79 Å². The van der Waals surface area contributed by atoms with Crippen LogP contribution >= 0.6 is 0 Å². The lowest BCUT2D eigenvalue weighted by atomic mass is 9.99. The number of aliphatic carboxylic acids is 1. The van der Waals surface area contributed by atoms with Crippen LogP contribution in [0.15, 0.2) is 59.8 Å². The zero-order valence-electron chi connectivity index (χ0n) is 14.0. The van der Waals surface area contributed by atoms with Crippen molar-refractivity contribution in [2.45, 2.75) is 19.3 Å². The van der Waals surface area contributed by atoms with E-state index in [0.29, 0.717) is 12.8 Å². The lowest BCUT2D eigenvalue weighted by molar-refractivity contribution is -0.129. The highest BCUT2D eigenvalue weighted by atomic mass is 16.4. The van der Waals surface area contributed by atoms with E-state index in [-0.39, 0.29) is 12.1 Å². The molecule has 5 heteroatoms. The van der Waals surface area contributed by atoms with Gasteiger partial charge in [0.1, 0.15) is 0 Å². The molecule has 0 saturated heterocycles. The third kappa shape index (κ3) is 3.26. The predicted octanol–water partition coefficient (Wildman–Crippen LogP) is 4.08. The van der Waals surface area contributed by atoms with E-state index >= 15 is 0 Å². The van der Waals surface area contributed by atoms with Gasteiger partial charge in [-0.05, 0) is 30.0 Å². The third-order valence-electron chi connectivity index (χ3n) is 4.47. The smallest absolute Gasteiger partial charge is 0.353 e. The fourth-order valence-electron chi connectivity index (χ4n) is 3.32. The molecule has 0 fully saturated rings. The van der Waals surface area contributed by atoms with Crippen LogP contribution in [0.1, 0.15) is 18.4 Å². The lowest BCUT2D eigenvalue weighted by Crippen LogP contribution is -2.13. The molecule has 0 unspecified atom stereocenters. The molecule has 0 aliphatic carbocycles. The monoisotopic (exact) mass is 336 g/mol. The molecule has 0 saturated carbocycles. The molecular weight excluding hydrogens is 316 g/mol. The molecule has 2 N–H and O–H groups in total. The summed E-state index contributed by atoms with van der Waals surface area (Å²) in [5.41, 5.74) is 4.39. The Morgan fingerprint density at radius 1 is 1.08 bits per heavy atom. The van der Waals surface area contributed by atoms with E-state index in [0.717, 1.165) is 16.8 Å². The van der Waals surface area contributed by atoms with Gasteiger partial charge < -0.3 is 14.9 Å². The number of carbonyl (C=O) groups is 1. The molecule has 3 aromatic rings. The van der Waals surface area contributed by atoms with Gasteiger partial charge in [-0.2, -0.15) is 0 Å². The van der Waals surface area contributed by atoms with Crippen LogP contribution in [0, 0.1) is 0 Å². The molecule has 25 heavy (non-hydrogen) atoms. The molecule has 0 radical (unpaired) electrons. The van der Waals surface area contributed by atoms with Gasteiger partial charge in [0.15, 0.2) is 5.71 Å². The van der Waals surface area contributed by atoms with Gasteiger partial charge >= 0.3 is 5.97 Å². The number of carboxylic acids is 1. The molecule has 0 aliphatic rings. The van der Waals surface area contributed by atoms with Crippen LogP contribution in [0.4, 0.5) is 0 Å². The number of carboxylic acid groups (broad SMARTS) is 1. The number of benzene rings is 2. The first-order chi connectivity index (χ1) is 12.1. The molecule has 0 aliphatic heterocycles. The number of aromatic nitrogens is 1. The molecule has 5 nitrogen and oxygen atoms in total. The Bertz CT molecular complexity index is 927. The van der Waals surface area contributed by atoms with Crippen molar-refractivity contribution in [1.29, 1.82) is 0 Å². The largest absolute Gasteiger partial charge is 0.477 e. The van der Waals surface area contributed by atoms with Crippen molar-refractivity contribution in [3.8, 4) is 11.3 Å². The lowest BCUT2D eigenvalue weighted by Gasteiger charge is -2.08. The third-order valence-corrected chi connectivity index (χ3v) is 4.47. The van der Waals surface area contributed by atoms with Gasteiger partial charge in [0.05, 0.1) is 5.69 Å². The Morgan fingerprint density at radius 3 is 2.44 bits per heavy atom. The number of nitrogens with zero attached hydrogens (tertiary/aromatic N) is 2. The fourth-order valence-corrected chi connectivity index (χ4v) is 3.32. The highest BCUT2D eigenvalue weighted by molar-refractivity contribution is 6.35. The maximum atomic E-state index is 11.0. The van der Waals surface area contributed by atoms with Gasteiger partial charge in [0.2, 0.25) is 0 Å². The van der Waals surface area contributed by atoms with E-state index < -0.39 is 5.97 Å². The summed E-state index contributed by atoms with van der Waals surface area (Å²) in [6.07, 6.45) is 1.53. The minimum Gasteiger partial charge on any atom is -0.477 e. The van der Waals surface area contributed by atoms with Gasteiger partial charge in [0.25, 0.3) is 0 Å². The molecule has 0 amide bonds. The van der Waals surface area contributed by atoms with Crippen LogP contribution in [0.3, 0.4) is 0 Å². The number of oxime groups is 1. The van der Waals surface area contributed by atoms with Gasteiger partial charge in [-0.3, -0.25) is 0 Å². The average Bonchev–Trinajstić information content (AvgIpc) is 2.92. The summed E-state index contributed by atoms with van der Waals surface area (Å²) in [6.45, 7) is 0. The number of aryl methyl sites for hydroxylation is 2. The minimum absolute atomic E-state index is 0.207. The van der Waals surface area contributed by atoms with Gasteiger partial charge in [-0.15, -0.1) is 0 Å². The molecular formula is C20H20N2O3. The highest BCUT2D eigenvalue weighted by Crippen LogP contribution is 2.34. The molecule has 0 spiro atoms. The van der Waals surface area contributed by atoms with Crippen molar-refractivity contribution in [3.63, 3.8) is 0 Å². The average molecular weight is 336 g/mol. The van der Waals surface area contributed by atoms with Crippen LogP contribution in [-0.4, -0.2) is 26.6 Å². The van der Waals surface area contributed by atoms with E-state index in [2.05, 4.69) is 34.0 Å². The van der Waals surface area contributed by atoms with Crippen LogP contribution in [0.25, 0.3) is 22.2 Å². The minimum atomic E-state index is -1.18. The molecule has 1 heterocycles. The maximum Gasteiger partial charge on any atom is 0.353 e. The van der Waals surface area contributed by atoms with Crippen LogP contribution < -0.4 is 0 Å². The Labute approximate surface area is 145 Å². The number of hydrogen-bond acceptors (Lipinski definition) is 3. The number of rotatable bonds is 6. The quantitative estimate of drug-likeness (QED) is 0.404. The summed E-state index contributed by atoms with van der Waals surface area (Å²) >= 11 is 0. The van der Waals surface area contributed by atoms with Crippen molar-refractivity contribution in [3.05, 3.63) is 60.2 Å². The molecule has 0 atom stereocenters. The zero-order chi connectivity index (χ0) is 17.8. The number of para-hydroxylation sites is 1.